The van der Waals surface area contributed by atoms with Crippen LogP contribution in [0.25, 0.3) is 10.2 Å². The molecule has 2 aromatic heterocycles. The Morgan fingerprint density at radius 3 is 2.76 bits per heavy atom. The predicted molar refractivity (Wildman–Crippen MR) is 135 cm³/mol. The fourth-order valence-corrected chi connectivity index (χ4v) is 5.56. The van der Waals surface area contributed by atoms with Gasteiger partial charge in [0.05, 0.1) is 17.2 Å². The molecule has 1 aliphatic rings. The molecule has 1 amide bonds. The summed E-state index contributed by atoms with van der Waals surface area (Å²) in [4.78, 5) is 33.0. The molecule has 0 spiro atoms. The van der Waals surface area contributed by atoms with Crippen molar-refractivity contribution in [2.75, 3.05) is 12.1 Å². The van der Waals surface area contributed by atoms with E-state index in [0.29, 0.717) is 39.1 Å². The lowest BCUT2D eigenvalue weighted by molar-refractivity contribution is -0.115. The number of hydrogen-bond donors (Lipinski definition) is 1. The first-order valence-electron chi connectivity index (χ1n) is 11.0. The number of ether oxygens (including phenoxy) is 2. The molecule has 0 saturated heterocycles. The Bertz CT molecular complexity index is 1420. The number of carbonyl (C=O) groups excluding carboxylic acids is 1. The van der Waals surface area contributed by atoms with Crippen LogP contribution in [0, 0.1) is 0 Å². The number of carbonyl (C=O) groups is 1. The Morgan fingerprint density at radius 1 is 1.18 bits per heavy atom. The highest BCUT2D eigenvalue weighted by atomic mass is 32.2. The number of rotatable bonds is 7. The van der Waals surface area contributed by atoms with Gasteiger partial charge in [0.15, 0.2) is 16.7 Å². The van der Waals surface area contributed by atoms with Crippen molar-refractivity contribution < 1.29 is 14.3 Å². The number of aromatic nitrogens is 2. The molecular formula is C25H23N3O4S2. The predicted octanol–water partition coefficient (Wildman–Crippen LogP) is 4.92. The van der Waals surface area contributed by atoms with Gasteiger partial charge in [0.2, 0.25) is 12.7 Å². The number of nitrogens with zero attached hydrogens (tertiary/aromatic N) is 2. The monoisotopic (exact) mass is 493 g/mol. The van der Waals surface area contributed by atoms with Crippen molar-refractivity contribution in [3.05, 3.63) is 75.4 Å². The molecule has 1 N–H and O–H groups in total. The van der Waals surface area contributed by atoms with Gasteiger partial charge in [-0.15, -0.1) is 11.3 Å². The number of anilines is 1. The Balaban J connectivity index is 1.43. The lowest BCUT2D eigenvalue weighted by Crippen LogP contribution is -2.27. The number of thiophene rings is 1. The summed E-state index contributed by atoms with van der Waals surface area (Å²) in [6.45, 7) is 4.43. The summed E-state index contributed by atoms with van der Waals surface area (Å²) in [6, 6.07) is 17.0. The Morgan fingerprint density at radius 2 is 1.97 bits per heavy atom. The second-order valence-corrected chi connectivity index (χ2v) is 10.3. The van der Waals surface area contributed by atoms with Gasteiger partial charge in [-0.1, -0.05) is 49.0 Å². The zero-order valence-electron chi connectivity index (χ0n) is 18.7. The molecular weight excluding hydrogens is 470 g/mol. The third-order valence-corrected chi connectivity index (χ3v) is 7.75. The molecule has 9 heteroatoms. The van der Waals surface area contributed by atoms with Crippen molar-refractivity contribution >= 4 is 44.9 Å². The van der Waals surface area contributed by atoms with E-state index in [-0.39, 0.29) is 18.3 Å². The number of fused-ring (bicyclic) bond motifs is 2. The van der Waals surface area contributed by atoms with Crippen LogP contribution in [0.2, 0.25) is 0 Å². The van der Waals surface area contributed by atoms with Gasteiger partial charge < -0.3 is 14.8 Å². The van der Waals surface area contributed by atoms with Crippen LogP contribution in [0.1, 0.15) is 24.3 Å². The van der Waals surface area contributed by atoms with E-state index in [1.807, 2.05) is 43.3 Å². The van der Waals surface area contributed by atoms with Crippen molar-refractivity contribution in [2.45, 2.75) is 37.2 Å². The molecule has 1 aliphatic heterocycles. The molecule has 5 rings (SSSR count). The summed E-state index contributed by atoms with van der Waals surface area (Å²) in [7, 11) is 0. The SMILES string of the molecule is CCc1cc2c(=O)n(Cc3ccccc3)c(S[C@@H](C)C(=O)Nc3ccc4c(c3)OCO4)nc2s1. The highest BCUT2D eigenvalue weighted by Gasteiger charge is 2.22. The molecule has 7 nitrogen and oxygen atoms in total. The molecule has 0 fully saturated rings. The molecule has 0 saturated carbocycles. The van der Waals surface area contributed by atoms with Gasteiger partial charge in [-0.2, -0.15) is 0 Å². The van der Waals surface area contributed by atoms with E-state index in [9.17, 15) is 9.59 Å². The van der Waals surface area contributed by atoms with Gasteiger partial charge >= 0.3 is 0 Å². The molecule has 0 unspecified atom stereocenters. The summed E-state index contributed by atoms with van der Waals surface area (Å²) in [5.41, 5.74) is 1.53. The maximum Gasteiger partial charge on any atom is 0.263 e. The molecule has 174 valence electrons. The maximum atomic E-state index is 13.4. The molecule has 2 aromatic carbocycles. The van der Waals surface area contributed by atoms with Gasteiger partial charge in [-0.25, -0.2) is 4.98 Å². The van der Waals surface area contributed by atoms with Gasteiger partial charge in [0.25, 0.3) is 5.56 Å². The lowest BCUT2D eigenvalue weighted by atomic mass is 10.2. The van der Waals surface area contributed by atoms with Crippen LogP contribution in [-0.4, -0.2) is 27.5 Å². The third-order valence-electron chi connectivity index (χ3n) is 5.49. The minimum absolute atomic E-state index is 0.0873. The van der Waals surface area contributed by atoms with Crippen molar-refractivity contribution in [1.82, 2.24) is 9.55 Å². The minimum atomic E-state index is -0.484. The molecule has 4 aromatic rings. The fraction of sp³-hybridized carbons (Fsp3) is 0.240. The number of benzene rings is 2. The Labute approximate surface area is 204 Å². The van der Waals surface area contributed by atoms with Crippen LogP contribution in [0.3, 0.4) is 0 Å². The van der Waals surface area contributed by atoms with Gasteiger partial charge in [0.1, 0.15) is 4.83 Å². The Hall–Kier alpha value is -3.30. The van der Waals surface area contributed by atoms with Crippen LogP contribution >= 0.6 is 23.1 Å². The smallest absolute Gasteiger partial charge is 0.263 e. The minimum Gasteiger partial charge on any atom is -0.454 e. The van der Waals surface area contributed by atoms with Crippen molar-refractivity contribution in [2.24, 2.45) is 0 Å². The molecule has 0 bridgehead atoms. The summed E-state index contributed by atoms with van der Waals surface area (Å²) in [5, 5.41) is 3.59. The van der Waals surface area contributed by atoms with Crippen molar-refractivity contribution in [3.8, 4) is 11.5 Å². The topological polar surface area (TPSA) is 82.5 Å². The maximum absolute atomic E-state index is 13.4. The fourth-order valence-electron chi connectivity index (χ4n) is 3.65. The average molecular weight is 494 g/mol. The summed E-state index contributed by atoms with van der Waals surface area (Å²) in [6.07, 6.45) is 0.843. The van der Waals surface area contributed by atoms with Crippen LogP contribution < -0.4 is 20.3 Å². The van der Waals surface area contributed by atoms with E-state index in [4.69, 9.17) is 14.5 Å². The van der Waals surface area contributed by atoms with Gasteiger partial charge in [-0.3, -0.25) is 14.2 Å². The van der Waals surface area contributed by atoms with E-state index in [0.717, 1.165) is 16.9 Å². The average Bonchev–Trinajstić information content (AvgIpc) is 3.48. The van der Waals surface area contributed by atoms with E-state index >= 15 is 0 Å². The van der Waals surface area contributed by atoms with Crippen molar-refractivity contribution in [1.29, 1.82) is 0 Å². The first kappa shape index (κ1) is 22.5. The summed E-state index contributed by atoms with van der Waals surface area (Å²) >= 11 is 2.80. The number of nitrogens with one attached hydrogen (secondary N) is 1. The quantitative estimate of drug-likeness (QED) is 0.291. The lowest BCUT2D eigenvalue weighted by Gasteiger charge is -2.16. The zero-order valence-corrected chi connectivity index (χ0v) is 20.4. The largest absolute Gasteiger partial charge is 0.454 e. The van der Waals surface area contributed by atoms with Gasteiger partial charge in [-0.05, 0) is 37.1 Å². The van der Waals surface area contributed by atoms with E-state index in [1.54, 1.807) is 22.8 Å². The number of hydrogen-bond acceptors (Lipinski definition) is 7. The molecule has 1 atom stereocenters. The van der Waals surface area contributed by atoms with Crippen LogP contribution in [0.4, 0.5) is 5.69 Å². The Kier molecular flexibility index (Phi) is 6.30. The number of thioether (sulfide) groups is 1. The van der Waals surface area contributed by atoms with Crippen molar-refractivity contribution in [3.63, 3.8) is 0 Å². The van der Waals surface area contributed by atoms with E-state index in [2.05, 4.69) is 12.2 Å². The summed E-state index contributed by atoms with van der Waals surface area (Å²) < 4.78 is 12.4. The van der Waals surface area contributed by atoms with Gasteiger partial charge in [0, 0.05) is 16.6 Å². The molecule has 0 aliphatic carbocycles. The normalized spacial score (nSPS) is 13.2. The second kappa shape index (κ2) is 9.52. The number of aryl methyl sites for hydroxylation is 1. The molecule has 3 heterocycles. The first-order valence-corrected chi connectivity index (χ1v) is 12.7. The highest BCUT2D eigenvalue weighted by Crippen LogP contribution is 2.34. The van der Waals surface area contributed by atoms with Crippen LogP contribution in [0.15, 0.2) is 64.5 Å². The first-order chi connectivity index (χ1) is 16.5. The highest BCUT2D eigenvalue weighted by molar-refractivity contribution is 8.00. The molecule has 34 heavy (non-hydrogen) atoms. The number of amides is 1. The van der Waals surface area contributed by atoms with Crippen LogP contribution in [-0.2, 0) is 17.8 Å². The second-order valence-electron chi connectivity index (χ2n) is 7.87. The van der Waals surface area contributed by atoms with Crippen LogP contribution in [0.5, 0.6) is 11.5 Å². The summed E-state index contributed by atoms with van der Waals surface area (Å²) in [5.74, 6) is 1.07. The van der Waals surface area contributed by atoms with E-state index < -0.39 is 5.25 Å². The van der Waals surface area contributed by atoms with E-state index in [1.165, 1.54) is 23.1 Å². The standard InChI is InChI=1S/C25H23N3O4S2/c1-3-18-12-19-23(34-18)27-25(28(24(19)30)13-16-7-5-4-6-8-16)33-15(2)22(29)26-17-9-10-20-21(11-17)32-14-31-20/h4-12,15H,3,13-14H2,1-2H3,(H,26,29)/t15-/m0/s1. The third kappa shape index (κ3) is 4.53. The zero-order chi connectivity index (χ0) is 23.7. The molecule has 0 radical (unpaired) electrons.